The quantitative estimate of drug-likeness (QED) is 0.461. The van der Waals surface area contributed by atoms with E-state index in [1.807, 2.05) is 44.2 Å². The number of benzene rings is 2. The lowest BCUT2D eigenvalue weighted by Crippen LogP contribution is -2.18. The molecule has 0 saturated carbocycles. The van der Waals surface area contributed by atoms with Crippen molar-refractivity contribution in [1.29, 1.82) is 0 Å². The Bertz CT molecular complexity index is 1180. The molecule has 0 unspecified atom stereocenters. The van der Waals surface area contributed by atoms with Crippen LogP contribution < -0.4 is 9.46 Å². The summed E-state index contributed by atoms with van der Waals surface area (Å²) in [5, 5.41) is 0.990. The molecule has 0 saturated heterocycles. The zero-order valence-corrected chi connectivity index (χ0v) is 19.8. The first-order valence-electron chi connectivity index (χ1n) is 8.84. The van der Waals surface area contributed by atoms with Crippen LogP contribution in [0.4, 0.5) is 0 Å². The molecule has 0 atom stereocenters. The number of sulfonamides is 1. The maximum Gasteiger partial charge on any atom is 0.246 e. The van der Waals surface area contributed by atoms with Crippen LogP contribution >= 0.6 is 27.7 Å². The van der Waals surface area contributed by atoms with Gasteiger partial charge in [-0.15, -0.1) is 11.8 Å². The Hall–Kier alpha value is -1.74. The van der Waals surface area contributed by atoms with Gasteiger partial charge in [-0.1, -0.05) is 12.1 Å². The lowest BCUT2D eigenvalue weighted by Gasteiger charge is -2.15. The van der Waals surface area contributed by atoms with Crippen LogP contribution in [0.1, 0.15) is 22.3 Å². The highest BCUT2D eigenvalue weighted by molar-refractivity contribution is 9.10. The molecule has 1 aromatic heterocycles. The van der Waals surface area contributed by atoms with Crippen LogP contribution in [0.15, 0.2) is 49.7 Å². The molecule has 5 nitrogen and oxygen atoms in total. The number of hydrogen-bond acceptors (Lipinski definition) is 5. The highest BCUT2D eigenvalue weighted by Crippen LogP contribution is 2.33. The molecule has 1 N–H and O–H groups in total. The summed E-state index contributed by atoms with van der Waals surface area (Å²) in [6, 6.07) is 9.73. The molecule has 3 aromatic rings. The fourth-order valence-corrected chi connectivity index (χ4v) is 5.40. The second-order valence-electron chi connectivity index (χ2n) is 6.51. The van der Waals surface area contributed by atoms with Gasteiger partial charge in [0.15, 0.2) is 0 Å². The minimum atomic E-state index is -3.54. The molecule has 8 heteroatoms. The van der Waals surface area contributed by atoms with Crippen LogP contribution in [-0.4, -0.2) is 21.7 Å². The molecule has 0 amide bonds. The molecule has 0 radical (unpaired) electrons. The number of thioether (sulfide) groups is 1. The minimum absolute atomic E-state index is 0.232. The summed E-state index contributed by atoms with van der Waals surface area (Å²) in [6.07, 6.45) is 5.03. The van der Waals surface area contributed by atoms with Gasteiger partial charge in [0, 0.05) is 10.9 Å². The zero-order chi connectivity index (χ0) is 21.2. The Kier molecular flexibility index (Phi) is 6.78. The smallest absolute Gasteiger partial charge is 0.246 e. The summed E-state index contributed by atoms with van der Waals surface area (Å²) in [6.45, 7) is 4.32. The van der Waals surface area contributed by atoms with E-state index in [9.17, 15) is 8.42 Å². The average molecular weight is 496 g/mol. The minimum Gasteiger partial charge on any atom is -0.488 e. The molecule has 0 spiro atoms. The van der Waals surface area contributed by atoms with Gasteiger partial charge in [0.1, 0.15) is 22.2 Å². The van der Waals surface area contributed by atoms with Gasteiger partial charge in [-0.25, -0.2) is 13.1 Å². The first kappa shape index (κ1) is 22.0. The Morgan fingerprint density at radius 3 is 2.72 bits per heavy atom. The van der Waals surface area contributed by atoms with Crippen molar-refractivity contribution in [1.82, 2.24) is 4.72 Å². The van der Waals surface area contributed by atoms with Crippen molar-refractivity contribution in [2.45, 2.75) is 20.5 Å². The zero-order valence-electron chi connectivity index (χ0n) is 16.6. The number of fused-ring (bicyclic) bond motifs is 1. The number of aryl methyl sites for hydroxylation is 1. The van der Waals surface area contributed by atoms with Crippen molar-refractivity contribution in [2.24, 2.45) is 0 Å². The highest BCUT2D eigenvalue weighted by Gasteiger charge is 2.17. The van der Waals surface area contributed by atoms with E-state index >= 15 is 0 Å². The van der Waals surface area contributed by atoms with Gasteiger partial charge < -0.3 is 9.15 Å². The molecule has 0 aliphatic carbocycles. The van der Waals surface area contributed by atoms with E-state index in [-0.39, 0.29) is 4.24 Å². The summed E-state index contributed by atoms with van der Waals surface area (Å²) in [7, 11) is -2.13. The van der Waals surface area contributed by atoms with Crippen molar-refractivity contribution in [3.8, 4) is 5.75 Å². The molecule has 1 heterocycles. The van der Waals surface area contributed by atoms with E-state index in [1.165, 1.54) is 18.8 Å². The number of rotatable bonds is 7. The molecular weight excluding hydrogens is 474 g/mol. The van der Waals surface area contributed by atoms with E-state index in [4.69, 9.17) is 9.15 Å². The summed E-state index contributed by atoms with van der Waals surface area (Å²) in [5.41, 5.74) is 4.55. The van der Waals surface area contributed by atoms with Crippen molar-refractivity contribution in [3.05, 3.63) is 67.6 Å². The molecule has 0 aliphatic rings. The monoisotopic (exact) mass is 495 g/mol. The van der Waals surface area contributed by atoms with E-state index in [1.54, 1.807) is 18.6 Å². The standard InChI is InChI=1S/C21H22BrNO4S2/c1-13-5-6-16(11-19(28-4)29(24,25)23-3)20(14(13)2)27-12-15-9-17-7-8-26-21(17)18(22)10-15/h5-11,23H,12H2,1-4H3. The van der Waals surface area contributed by atoms with E-state index in [2.05, 4.69) is 20.7 Å². The maximum absolute atomic E-state index is 12.3. The average Bonchev–Trinajstić information content (AvgIpc) is 3.17. The fourth-order valence-electron chi connectivity index (χ4n) is 2.93. The number of hydrogen-bond donors (Lipinski definition) is 1. The fraction of sp³-hybridized carbons (Fsp3) is 0.238. The van der Waals surface area contributed by atoms with Crippen molar-refractivity contribution in [2.75, 3.05) is 13.3 Å². The van der Waals surface area contributed by atoms with Crippen molar-refractivity contribution >= 4 is 54.8 Å². The molecule has 0 fully saturated rings. The third-order valence-corrected chi connectivity index (χ3v) is 8.12. The van der Waals surface area contributed by atoms with Gasteiger partial charge in [-0.3, -0.25) is 0 Å². The Morgan fingerprint density at radius 1 is 1.28 bits per heavy atom. The number of halogens is 1. The van der Waals surface area contributed by atoms with Gasteiger partial charge in [-0.05, 0) is 84.0 Å². The van der Waals surface area contributed by atoms with Gasteiger partial charge in [0.2, 0.25) is 10.0 Å². The Balaban J connectivity index is 1.98. The van der Waals surface area contributed by atoms with Crippen LogP contribution in [0.25, 0.3) is 17.0 Å². The normalized spacial score (nSPS) is 12.5. The predicted octanol–water partition coefficient (Wildman–Crippen LogP) is 5.60. The Morgan fingerprint density at radius 2 is 2.03 bits per heavy atom. The summed E-state index contributed by atoms with van der Waals surface area (Å²) in [5.74, 6) is 0.672. The first-order chi connectivity index (χ1) is 13.8. The number of nitrogens with one attached hydrogen (secondary N) is 1. The molecule has 0 aliphatic heterocycles. The molecule has 154 valence electrons. The van der Waals surface area contributed by atoms with Gasteiger partial charge in [0.05, 0.1) is 10.7 Å². The van der Waals surface area contributed by atoms with Crippen molar-refractivity contribution in [3.63, 3.8) is 0 Å². The first-order valence-corrected chi connectivity index (χ1v) is 12.3. The number of furan rings is 1. The summed E-state index contributed by atoms with van der Waals surface area (Å²) < 4.78 is 39.6. The summed E-state index contributed by atoms with van der Waals surface area (Å²) in [4.78, 5) is 0. The number of ether oxygens (including phenoxy) is 1. The van der Waals surface area contributed by atoms with Gasteiger partial charge in [-0.2, -0.15) is 0 Å². The maximum atomic E-state index is 12.3. The summed E-state index contributed by atoms with van der Waals surface area (Å²) >= 11 is 4.70. The van der Waals surface area contributed by atoms with Crippen LogP contribution in [-0.2, 0) is 16.6 Å². The third-order valence-electron chi connectivity index (χ3n) is 4.66. The molecule has 29 heavy (non-hydrogen) atoms. The molecule has 3 rings (SSSR count). The van der Waals surface area contributed by atoms with E-state index in [0.717, 1.165) is 37.7 Å². The van der Waals surface area contributed by atoms with Crippen LogP contribution in [0, 0.1) is 13.8 Å². The lowest BCUT2D eigenvalue weighted by molar-refractivity contribution is 0.303. The second kappa shape index (κ2) is 8.95. The van der Waals surface area contributed by atoms with E-state index in [0.29, 0.717) is 12.4 Å². The van der Waals surface area contributed by atoms with Crippen molar-refractivity contribution < 1.29 is 17.6 Å². The predicted molar refractivity (Wildman–Crippen MR) is 124 cm³/mol. The van der Waals surface area contributed by atoms with Gasteiger partial charge >= 0.3 is 0 Å². The van der Waals surface area contributed by atoms with Crippen LogP contribution in [0.3, 0.4) is 0 Å². The highest BCUT2D eigenvalue weighted by atomic mass is 79.9. The second-order valence-corrected chi connectivity index (χ2v) is 10.3. The largest absolute Gasteiger partial charge is 0.488 e. The van der Waals surface area contributed by atoms with E-state index < -0.39 is 10.0 Å². The van der Waals surface area contributed by atoms with Gasteiger partial charge in [0.25, 0.3) is 0 Å². The SMILES string of the molecule is CNS(=O)(=O)C(=Cc1ccc(C)c(C)c1OCc1cc(Br)c2occc2c1)SC. The topological polar surface area (TPSA) is 68.5 Å². The lowest BCUT2D eigenvalue weighted by atomic mass is 10.0. The molecule has 0 bridgehead atoms. The molecular formula is C21H22BrNO4S2. The molecule has 2 aromatic carbocycles. The Labute approximate surface area is 183 Å². The van der Waals surface area contributed by atoms with Crippen LogP contribution in [0.5, 0.6) is 5.75 Å². The van der Waals surface area contributed by atoms with Crippen LogP contribution in [0.2, 0.25) is 0 Å². The third kappa shape index (κ3) is 4.71.